The van der Waals surface area contributed by atoms with E-state index in [-0.39, 0.29) is 28.0 Å². The largest absolute Gasteiger partial charge is 0.367 e. The van der Waals surface area contributed by atoms with Crippen LogP contribution in [0, 0.1) is 0 Å². The number of carbonyl (C=O) groups excluding carboxylic acids is 2. The first-order valence-electron chi connectivity index (χ1n) is 9.19. The predicted molar refractivity (Wildman–Crippen MR) is 97.2 cm³/mol. The predicted octanol–water partition coefficient (Wildman–Crippen LogP) is 2.24. The number of allylic oxidation sites excluding steroid dienone is 2. The third kappa shape index (κ3) is 2.89. The highest BCUT2D eigenvalue weighted by Crippen LogP contribution is 2.33. The maximum atomic E-state index is 13.1. The van der Waals surface area contributed by atoms with Gasteiger partial charge in [0, 0.05) is 30.3 Å². The molecule has 2 aliphatic carbocycles. The lowest BCUT2D eigenvalue weighted by molar-refractivity contribution is 0.0952. The first-order valence-corrected chi connectivity index (χ1v) is 10.7. The first-order chi connectivity index (χ1) is 12.5. The second-order valence-corrected chi connectivity index (χ2v) is 8.83. The van der Waals surface area contributed by atoms with E-state index in [0.29, 0.717) is 18.7 Å². The zero-order valence-electron chi connectivity index (χ0n) is 14.5. The van der Waals surface area contributed by atoms with E-state index >= 15 is 0 Å². The van der Waals surface area contributed by atoms with Crippen molar-refractivity contribution in [2.45, 2.75) is 44.6 Å². The normalized spacial score (nSPS) is 21.6. The van der Waals surface area contributed by atoms with Crippen molar-refractivity contribution in [3.8, 4) is 0 Å². The highest BCUT2D eigenvalue weighted by molar-refractivity contribution is 7.94. The smallest absolute Gasteiger partial charge is 0.246 e. The van der Waals surface area contributed by atoms with Gasteiger partial charge in [0.15, 0.2) is 4.91 Å². The van der Waals surface area contributed by atoms with E-state index < -0.39 is 15.8 Å². The summed E-state index contributed by atoms with van der Waals surface area (Å²) in [6, 6.07) is 6.31. The van der Waals surface area contributed by atoms with Crippen LogP contribution in [0.1, 0.15) is 59.2 Å². The zero-order chi connectivity index (χ0) is 18.3. The molecule has 138 valence electrons. The van der Waals surface area contributed by atoms with Gasteiger partial charge in [0.25, 0.3) is 0 Å². The average molecular weight is 374 g/mol. The molecule has 2 fully saturated rings. The highest BCUT2D eigenvalue weighted by atomic mass is 32.2. The highest BCUT2D eigenvalue weighted by Gasteiger charge is 2.42. The Morgan fingerprint density at radius 1 is 0.885 bits per heavy atom. The quantitative estimate of drug-likeness (QED) is 0.874. The minimum atomic E-state index is -4.06. The van der Waals surface area contributed by atoms with Crippen LogP contribution in [0.4, 0.5) is 0 Å². The summed E-state index contributed by atoms with van der Waals surface area (Å²) < 4.78 is 28.9. The fraction of sp³-hybridized carbons (Fsp3) is 0.474. The summed E-state index contributed by atoms with van der Waals surface area (Å²) in [6.45, 7) is 1.19. The Morgan fingerprint density at radius 3 is 2.08 bits per heavy atom. The van der Waals surface area contributed by atoms with E-state index in [2.05, 4.69) is 4.72 Å². The van der Waals surface area contributed by atoms with Crippen LogP contribution in [0.25, 0.3) is 0 Å². The maximum Gasteiger partial charge on any atom is 0.246 e. The van der Waals surface area contributed by atoms with Crippen LogP contribution in [0.5, 0.6) is 0 Å². The number of nitrogens with one attached hydrogen (secondary N) is 1. The second-order valence-electron chi connectivity index (χ2n) is 7.18. The van der Waals surface area contributed by atoms with Gasteiger partial charge in [-0.3, -0.25) is 9.59 Å². The van der Waals surface area contributed by atoms with E-state index in [1.54, 1.807) is 23.1 Å². The van der Waals surface area contributed by atoms with Crippen LogP contribution in [-0.4, -0.2) is 44.0 Å². The van der Waals surface area contributed by atoms with E-state index in [1.165, 1.54) is 6.07 Å². The van der Waals surface area contributed by atoms with Crippen molar-refractivity contribution in [2.75, 3.05) is 13.1 Å². The first kappa shape index (κ1) is 17.4. The van der Waals surface area contributed by atoms with E-state index in [4.69, 9.17) is 0 Å². The van der Waals surface area contributed by atoms with Crippen molar-refractivity contribution in [3.05, 3.63) is 46.0 Å². The van der Waals surface area contributed by atoms with Crippen molar-refractivity contribution in [1.29, 1.82) is 0 Å². The van der Waals surface area contributed by atoms with Gasteiger partial charge in [0.05, 0.1) is 0 Å². The van der Waals surface area contributed by atoms with Crippen molar-refractivity contribution >= 4 is 21.6 Å². The fourth-order valence-corrected chi connectivity index (χ4v) is 5.76. The zero-order valence-corrected chi connectivity index (χ0v) is 15.3. The third-order valence-electron chi connectivity index (χ3n) is 5.42. The van der Waals surface area contributed by atoms with E-state index in [1.807, 2.05) is 0 Å². The van der Waals surface area contributed by atoms with Gasteiger partial charge in [0.2, 0.25) is 21.6 Å². The molecule has 3 aliphatic rings. The Hall–Kier alpha value is -1.99. The number of benzene rings is 1. The number of fused-ring (bicyclic) bond motifs is 1. The molecule has 1 saturated heterocycles. The SMILES string of the molecule is O=C1C(N2CCCC2)=C(S(=O)(=O)NC2CCCC2)C(=O)c2ccccc21. The van der Waals surface area contributed by atoms with Crippen LogP contribution in [0.15, 0.2) is 34.9 Å². The molecule has 0 amide bonds. The van der Waals surface area contributed by atoms with Crippen molar-refractivity contribution < 1.29 is 18.0 Å². The fourth-order valence-electron chi connectivity index (χ4n) is 4.14. The topological polar surface area (TPSA) is 83.6 Å². The van der Waals surface area contributed by atoms with Crippen molar-refractivity contribution in [3.63, 3.8) is 0 Å². The van der Waals surface area contributed by atoms with Gasteiger partial charge >= 0.3 is 0 Å². The number of hydrogen-bond acceptors (Lipinski definition) is 5. The van der Waals surface area contributed by atoms with Crippen LogP contribution in [-0.2, 0) is 10.0 Å². The number of Topliss-reactive ketones (excluding diaryl/α,β-unsaturated/α-hetero) is 2. The molecular formula is C19H22N2O4S. The molecule has 6 nitrogen and oxygen atoms in total. The summed E-state index contributed by atoms with van der Waals surface area (Å²) in [5.74, 6) is -0.943. The average Bonchev–Trinajstić information content (AvgIpc) is 3.31. The number of nitrogens with zero attached hydrogens (tertiary/aromatic N) is 1. The molecule has 1 aromatic carbocycles. The Balaban J connectivity index is 1.84. The summed E-state index contributed by atoms with van der Waals surface area (Å²) in [7, 11) is -4.06. The lowest BCUT2D eigenvalue weighted by Crippen LogP contribution is -2.41. The number of ketones is 2. The van der Waals surface area contributed by atoms with Gasteiger partial charge in [-0.05, 0) is 25.7 Å². The van der Waals surface area contributed by atoms with Crippen LogP contribution in [0.2, 0.25) is 0 Å². The van der Waals surface area contributed by atoms with Crippen molar-refractivity contribution in [1.82, 2.24) is 9.62 Å². The third-order valence-corrected chi connectivity index (χ3v) is 6.98. The molecule has 4 rings (SSSR count). The minimum Gasteiger partial charge on any atom is -0.367 e. The van der Waals surface area contributed by atoms with Gasteiger partial charge in [-0.1, -0.05) is 37.1 Å². The van der Waals surface area contributed by atoms with Gasteiger partial charge in [-0.25, -0.2) is 13.1 Å². The molecule has 1 aliphatic heterocycles. The molecule has 0 atom stereocenters. The molecule has 0 aromatic heterocycles. The molecule has 26 heavy (non-hydrogen) atoms. The maximum absolute atomic E-state index is 13.1. The number of carbonyl (C=O) groups is 2. The molecule has 0 unspecified atom stereocenters. The molecule has 1 aromatic rings. The number of likely N-dealkylation sites (tertiary alicyclic amines) is 1. The van der Waals surface area contributed by atoms with E-state index in [9.17, 15) is 18.0 Å². The Bertz CT molecular complexity index is 892. The molecule has 0 bridgehead atoms. The molecular weight excluding hydrogens is 352 g/mol. The number of sulfonamides is 1. The van der Waals surface area contributed by atoms with Gasteiger partial charge in [0.1, 0.15) is 5.70 Å². The standard InChI is InChI=1S/C19H22N2O4S/c22-17-14-9-3-4-10-15(14)18(23)19(16(17)21-11-5-6-12-21)26(24,25)20-13-7-1-2-8-13/h3-4,9-10,13,20H,1-2,5-8,11-12H2. The van der Waals surface area contributed by atoms with Gasteiger partial charge < -0.3 is 4.90 Å². The number of hydrogen-bond donors (Lipinski definition) is 1. The Labute approximate surface area is 153 Å². The Morgan fingerprint density at radius 2 is 1.46 bits per heavy atom. The summed E-state index contributed by atoms with van der Waals surface area (Å²) in [4.78, 5) is 27.6. The van der Waals surface area contributed by atoms with Gasteiger partial charge in [-0.15, -0.1) is 0 Å². The van der Waals surface area contributed by atoms with Crippen LogP contribution >= 0.6 is 0 Å². The molecule has 1 saturated carbocycles. The lowest BCUT2D eigenvalue weighted by atomic mass is 9.92. The molecule has 1 heterocycles. The van der Waals surface area contributed by atoms with Gasteiger partial charge in [-0.2, -0.15) is 0 Å². The summed E-state index contributed by atoms with van der Waals surface area (Å²) >= 11 is 0. The molecule has 1 N–H and O–H groups in total. The van der Waals surface area contributed by atoms with Crippen LogP contribution in [0.3, 0.4) is 0 Å². The molecule has 7 heteroatoms. The number of rotatable bonds is 4. The van der Waals surface area contributed by atoms with Crippen molar-refractivity contribution in [2.24, 2.45) is 0 Å². The summed E-state index contributed by atoms with van der Waals surface area (Å²) in [5, 5.41) is 0. The molecule has 0 spiro atoms. The monoisotopic (exact) mass is 374 g/mol. The molecule has 0 radical (unpaired) electrons. The van der Waals surface area contributed by atoms with Crippen LogP contribution < -0.4 is 4.72 Å². The second kappa shape index (κ2) is 6.63. The summed E-state index contributed by atoms with van der Waals surface area (Å²) in [5.41, 5.74) is 0.517. The lowest BCUT2D eigenvalue weighted by Gasteiger charge is -2.28. The Kier molecular flexibility index (Phi) is 4.44. The van der Waals surface area contributed by atoms with E-state index in [0.717, 1.165) is 38.5 Å². The minimum absolute atomic E-state index is 0.0525. The summed E-state index contributed by atoms with van der Waals surface area (Å²) in [6.07, 6.45) is 5.25.